The first-order chi connectivity index (χ1) is 15.1. The topological polar surface area (TPSA) is 61.9 Å². The van der Waals surface area contributed by atoms with Crippen LogP contribution < -0.4 is 15.0 Å². The second-order valence-electron chi connectivity index (χ2n) is 8.41. The normalized spacial score (nSPS) is 22.1. The zero-order chi connectivity index (χ0) is 21.2. The lowest BCUT2D eigenvalue weighted by molar-refractivity contribution is -0.715. The van der Waals surface area contributed by atoms with Gasteiger partial charge in [0.1, 0.15) is 5.75 Å². The first-order valence-electron chi connectivity index (χ1n) is 10.6. The van der Waals surface area contributed by atoms with Crippen LogP contribution in [-0.2, 0) is 10.3 Å². The molecule has 0 aliphatic carbocycles. The number of methoxy groups -OCH3 is 1. The first kappa shape index (κ1) is 18.2. The van der Waals surface area contributed by atoms with E-state index in [1.807, 2.05) is 43.4 Å². The lowest BCUT2D eigenvalue weighted by Gasteiger charge is -2.34. The minimum absolute atomic E-state index is 0.106. The van der Waals surface area contributed by atoms with E-state index in [1.165, 1.54) is 16.5 Å². The minimum Gasteiger partial charge on any atom is -0.497 e. The van der Waals surface area contributed by atoms with Gasteiger partial charge in [-0.3, -0.25) is 4.79 Å². The van der Waals surface area contributed by atoms with Crippen molar-refractivity contribution in [3.8, 4) is 5.75 Å². The molecule has 2 atom stereocenters. The highest BCUT2D eigenvalue weighted by molar-refractivity contribution is 6.09. The van der Waals surface area contributed by atoms with Gasteiger partial charge in [-0.05, 0) is 35.9 Å². The quantitative estimate of drug-likeness (QED) is 0.533. The number of fused-ring (bicyclic) bond motifs is 6. The number of carbonyl (C=O) groups is 1. The van der Waals surface area contributed by atoms with Crippen LogP contribution in [0.4, 0.5) is 5.69 Å². The molecule has 6 rings (SSSR count). The van der Waals surface area contributed by atoms with E-state index in [4.69, 9.17) is 4.74 Å². The van der Waals surface area contributed by atoms with E-state index in [1.54, 1.807) is 12.0 Å². The predicted molar refractivity (Wildman–Crippen MR) is 121 cm³/mol. The lowest BCUT2D eigenvalue weighted by atomic mass is 9.76. The molecular formula is C26H24N3O2+. The van der Waals surface area contributed by atoms with E-state index >= 15 is 0 Å². The van der Waals surface area contributed by atoms with Gasteiger partial charge >= 0.3 is 0 Å². The average Bonchev–Trinajstić information content (AvgIpc) is 3.31. The fraction of sp³-hybridized carbons (Fsp3) is 0.192. The first-order valence-corrected chi connectivity index (χ1v) is 10.6. The van der Waals surface area contributed by atoms with E-state index in [0.29, 0.717) is 0 Å². The number of hydrogen-bond donors (Lipinski definition) is 2. The molecule has 0 saturated heterocycles. The van der Waals surface area contributed by atoms with E-state index in [2.05, 4.69) is 46.7 Å². The third-order valence-corrected chi connectivity index (χ3v) is 7.00. The molecule has 0 radical (unpaired) electrons. The Kier molecular flexibility index (Phi) is 3.80. The van der Waals surface area contributed by atoms with Crippen molar-refractivity contribution in [3.05, 3.63) is 95.2 Å². The summed E-state index contributed by atoms with van der Waals surface area (Å²) < 4.78 is 5.36. The third-order valence-electron chi connectivity index (χ3n) is 7.00. The largest absolute Gasteiger partial charge is 0.497 e. The van der Waals surface area contributed by atoms with Gasteiger partial charge in [-0.2, -0.15) is 0 Å². The van der Waals surface area contributed by atoms with Crippen molar-refractivity contribution in [1.82, 2.24) is 4.98 Å². The van der Waals surface area contributed by atoms with E-state index < -0.39 is 5.54 Å². The van der Waals surface area contributed by atoms with E-state index in [0.717, 1.165) is 34.8 Å². The molecule has 3 heterocycles. The van der Waals surface area contributed by atoms with Crippen molar-refractivity contribution in [2.24, 2.45) is 0 Å². The van der Waals surface area contributed by atoms with Gasteiger partial charge in [0, 0.05) is 23.5 Å². The zero-order valence-electron chi connectivity index (χ0n) is 17.6. The molecule has 0 saturated carbocycles. The average molecular weight is 410 g/mol. The number of benzene rings is 3. The second-order valence-corrected chi connectivity index (χ2v) is 8.41. The number of anilines is 1. The third kappa shape index (κ3) is 2.32. The van der Waals surface area contributed by atoms with Crippen molar-refractivity contribution < 1.29 is 14.8 Å². The number of likely N-dealkylation sites (N-methyl/N-ethyl adjacent to an activating group) is 1. The second kappa shape index (κ2) is 6.46. The van der Waals surface area contributed by atoms with Gasteiger partial charge in [-0.25, -0.2) is 0 Å². The maximum absolute atomic E-state index is 13.8. The number of H-pyrrole nitrogens is 1. The minimum atomic E-state index is -0.775. The number of aromatic amines is 1. The van der Waals surface area contributed by atoms with Gasteiger partial charge in [0.2, 0.25) is 5.54 Å². The summed E-state index contributed by atoms with van der Waals surface area (Å²) in [5.74, 6) is 1.13. The number of para-hydroxylation sites is 2. The summed E-state index contributed by atoms with van der Waals surface area (Å²) >= 11 is 0. The SMILES string of the molecule is COc1ccc([C@@H]2C[NH2+][C@@]3(C(=O)N(C)c4ccccc43)c3[nH]c4ccccc4c32)cc1. The van der Waals surface area contributed by atoms with Crippen LogP contribution in [0.5, 0.6) is 5.75 Å². The molecule has 5 nitrogen and oxygen atoms in total. The van der Waals surface area contributed by atoms with Crippen LogP contribution in [0.3, 0.4) is 0 Å². The summed E-state index contributed by atoms with van der Waals surface area (Å²) in [4.78, 5) is 19.2. The van der Waals surface area contributed by atoms with Gasteiger partial charge in [-0.1, -0.05) is 42.5 Å². The molecule has 2 aliphatic heterocycles. The van der Waals surface area contributed by atoms with Crippen LogP contribution in [-0.4, -0.2) is 31.6 Å². The van der Waals surface area contributed by atoms with Gasteiger partial charge < -0.3 is 19.9 Å². The van der Waals surface area contributed by atoms with Crippen LogP contribution in [0.25, 0.3) is 10.9 Å². The van der Waals surface area contributed by atoms with E-state index in [-0.39, 0.29) is 11.8 Å². The highest BCUT2D eigenvalue weighted by Crippen LogP contribution is 2.47. The zero-order valence-corrected chi connectivity index (χ0v) is 17.6. The summed E-state index contributed by atoms with van der Waals surface area (Å²) in [6.45, 7) is 0.787. The maximum Gasteiger partial charge on any atom is 0.299 e. The van der Waals surface area contributed by atoms with Crippen LogP contribution in [0.1, 0.15) is 28.3 Å². The number of nitrogens with two attached hydrogens (primary N) is 1. The smallest absolute Gasteiger partial charge is 0.299 e. The van der Waals surface area contributed by atoms with Crippen LogP contribution >= 0.6 is 0 Å². The Morgan fingerprint density at radius 3 is 2.58 bits per heavy atom. The van der Waals surface area contributed by atoms with Crippen molar-refractivity contribution in [2.75, 3.05) is 25.6 Å². The van der Waals surface area contributed by atoms with Gasteiger partial charge in [0.25, 0.3) is 5.91 Å². The molecule has 31 heavy (non-hydrogen) atoms. The number of amides is 1. The standard InChI is InChI=1S/C26H23N3O2/c1-29-22-10-6-4-8-20(22)26(25(29)30)24-23(18-7-3-5-9-21(18)28-24)19(15-27-26)16-11-13-17(31-2)14-12-16/h3-14,19,27-28H,15H2,1-2H3/p+1/t19-,26+/m0/s1. The Morgan fingerprint density at radius 2 is 1.77 bits per heavy atom. The van der Waals surface area contributed by atoms with Gasteiger partial charge in [0.05, 0.1) is 36.5 Å². The summed E-state index contributed by atoms with van der Waals surface area (Å²) in [7, 11) is 3.56. The van der Waals surface area contributed by atoms with Crippen molar-refractivity contribution in [2.45, 2.75) is 11.5 Å². The number of carbonyl (C=O) groups excluding carboxylic acids is 1. The monoisotopic (exact) mass is 410 g/mol. The lowest BCUT2D eigenvalue weighted by Crippen LogP contribution is -2.99. The highest BCUT2D eigenvalue weighted by atomic mass is 16.5. The Hall–Kier alpha value is -3.57. The van der Waals surface area contributed by atoms with Crippen LogP contribution in [0.15, 0.2) is 72.8 Å². The summed E-state index contributed by atoms with van der Waals surface area (Å²) in [5.41, 5.74) is 5.79. The molecule has 3 N–H and O–H groups in total. The summed E-state index contributed by atoms with van der Waals surface area (Å²) in [6.07, 6.45) is 0. The van der Waals surface area contributed by atoms with Crippen LogP contribution in [0.2, 0.25) is 0 Å². The number of nitrogens with zero attached hydrogens (tertiary/aromatic N) is 1. The molecule has 1 amide bonds. The fourth-order valence-corrected chi connectivity index (χ4v) is 5.52. The molecule has 1 spiro atoms. The highest BCUT2D eigenvalue weighted by Gasteiger charge is 2.59. The summed E-state index contributed by atoms with van der Waals surface area (Å²) in [6, 6.07) is 24.8. The number of rotatable bonds is 2. The number of hydrogen-bond acceptors (Lipinski definition) is 2. The number of quaternary nitrogens is 1. The van der Waals surface area contributed by atoms with Crippen molar-refractivity contribution >= 4 is 22.5 Å². The molecule has 0 bridgehead atoms. The van der Waals surface area contributed by atoms with E-state index in [9.17, 15) is 4.79 Å². The molecule has 2 aliphatic rings. The van der Waals surface area contributed by atoms with Gasteiger partial charge in [0.15, 0.2) is 0 Å². The number of aromatic nitrogens is 1. The Balaban J connectivity index is 1.63. The number of nitrogens with one attached hydrogen (secondary N) is 1. The molecule has 0 unspecified atom stereocenters. The fourth-order valence-electron chi connectivity index (χ4n) is 5.52. The molecule has 3 aromatic carbocycles. The molecular weight excluding hydrogens is 386 g/mol. The molecule has 4 aromatic rings. The predicted octanol–water partition coefficient (Wildman–Crippen LogP) is 3.11. The Labute approximate surface area is 180 Å². The molecule has 0 fully saturated rings. The molecule has 154 valence electrons. The van der Waals surface area contributed by atoms with Crippen molar-refractivity contribution in [3.63, 3.8) is 0 Å². The van der Waals surface area contributed by atoms with Crippen LogP contribution in [0, 0.1) is 0 Å². The van der Waals surface area contributed by atoms with Gasteiger partial charge in [-0.15, -0.1) is 0 Å². The Bertz CT molecular complexity index is 1320. The summed E-state index contributed by atoms with van der Waals surface area (Å²) in [5, 5.41) is 3.41. The molecule has 5 heteroatoms. The Morgan fingerprint density at radius 1 is 1.03 bits per heavy atom. The maximum atomic E-state index is 13.8. The molecule has 1 aromatic heterocycles. The number of ether oxygens (including phenoxy) is 1. The van der Waals surface area contributed by atoms with Crippen molar-refractivity contribution in [1.29, 1.82) is 0 Å².